The maximum atomic E-state index is 3.88. The fourth-order valence-electron chi connectivity index (χ4n) is 0.795. The quantitative estimate of drug-likeness (QED) is 0.355. The molecule has 2 heteroatoms. The summed E-state index contributed by atoms with van der Waals surface area (Å²) in [4.78, 5) is 0. The van der Waals surface area contributed by atoms with Crippen molar-refractivity contribution in [3.05, 3.63) is 7.11 Å². The van der Waals surface area contributed by atoms with Crippen molar-refractivity contribution < 1.29 is 4.74 Å². The predicted octanol–water partition coefficient (Wildman–Crippen LogP) is -0.332. The highest BCUT2D eigenvalue weighted by molar-refractivity contribution is 4.69. The zero-order valence-corrected chi connectivity index (χ0v) is 4.35. The molecule has 2 nitrogen and oxygen atoms in total. The summed E-state index contributed by atoms with van der Waals surface area (Å²) in [6, 6.07) is 0. The molecule has 0 aromatic heterocycles. The van der Waals surface area contributed by atoms with Crippen LogP contribution < -0.4 is 5.32 Å². The van der Waals surface area contributed by atoms with E-state index in [-0.39, 0.29) is 0 Å². The van der Waals surface area contributed by atoms with Gasteiger partial charge in [0.15, 0.2) is 0 Å². The fraction of sp³-hybridized carbons (Fsp3) is 0.800. The number of hydrogen-bond donors (Lipinski definition) is 1. The molecule has 7 heavy (non-hydrogen) atoms. The second kappa shape index (κ2) is 2.28. The normalized spacial score (nSPS) is 31.3. The molecule has 1 fully saturated rings. The van der Waals surface area contributed by atoms with Gasteiger partial charge in [-0.3, -0.25) is 0 Å². The molecule has 0 radical (unpaired) electrons. The van der Waals surface area contributed by atoms with E-state index in [9.17, 15) is 0 Å². The van der Waals surface area contributed by atoms with Gasteiger partial charge in [0.1, 0.15) is 6.10 Å². The van der Waals surface area contributed by atoms with Crippen LogP contribution in [0.2, 0.25) is 0 Å². The summed E-state index contributed by atoms with van der Waals surface area (Å²) in [6.07, 6.45) is 1.67. The van der Waals surface area contributed by atoms with Crippen molar-refractivity contribution in [2.24, 2.45) is 0 Å². The Morgan fingerprint density at radius 1 is 1.71 bits per heavy atom. The minimum atomic E-state index is 0.500. The number of ether oxygens (including phenoxy) is 1. The first kappa shape index (κ1) is 5.06. The van der Waals surface area contributed by atoms with Crippen molar-refractivity contribution in [3.8, 4) is 0 Å². The van der Waals surface area contributed by atoms with Gasteiger partial charge in [-0.05, 0) is 0 Å². The third-order valence-corrected chi connectivity index (χ3v) is 1.29. The molecule has 0 saturated carbocycles. The molecule has 1 heterocycles. The molecule has 0 aliphatic carbocycles. The van der Waals surface area contributed by atoms with Crippen molar-refractivity contribution in [3.63, 3.8) is 0 Å². The lowest BCUT2D eigenvalue weighted by molar-refractivity contribution is -0.0117. The summed E-state index contributed by atoms with van der Waals surface area (Å²) in [6.45, 7) is 2.15. The molecule has 0 aromatic rings. The Kier molecular flexibility index (Phi) is 1.65. The van der Waals surface area contributed by atoms with E-state index in [0.29, 0.717) is 6.10 Å². The van der Waals surface area contributed by atoms with Gasteiger partial charge in [-0.1, -0.05) is 7.11 Å². The molecule has 42 valence electrons. The highest BCUT2D eigenvalue weighted by Gasteiger charge is 2.13. The van der Waals surface area contributed by atoms with Crippen molar-refractivity contribution in [1.82, 2.24) is 5.32 Å². The standard InChI is InChI=1S/C5H11NO/c1-7-5-2-3-6-4-5/h5-7H,1-4H2/t5-/m0/s1. The third-order valence-electron chi connectivity index (χ3n) is 1.29. The summed E-state index contributed by atoms with van der Waals surface area (Å²) in [5.74, 6) is 0. The molecule has 1 atom stereocenters. The molecule has 1 rings (SSSR count). The minimum absolute atomic E-state index is 0.500. The van der Waals surface area contributed by atoms with E-state index in [1.807, 2.05) is 0 Å². The molecule has 0 aromatic carbocycles. The Morgan fingerprint density at radius 3 is 2.86 bits per heavy atom. The van der Waals surface area contributed by atoms with E-state index in [0.717, 1.165) is 13.1 Å². The maximum Gasteiger partial charge on any atom is 0.143 e. The van der Waals surface area contributed by atoms with Crippen molar-refractivity contribution in [1.29, 1.82) is 0 Å². The maximum absolute atomic E-state index is 3.88. The minimum Gasteiger partial charge on any atom is -0.578 e. The van der Waals surface area contributed by atoms with Crippen molar-refractivity contribution in [2.75, 3.05) is 13.1 Å². The predicted molar refractivity (Wildman–Crippen MR) is 28.9 cm³/mol. The van der Waals surface area contributed by atoms with Crippen molar-refractivity contribution in [2.45, 2.75) is 12.5 Å². The summed E-state index contributed by atoms with van der Waals surface area (Å²) >= 11 is 0. The molecule has 0 spiro atoms. The molecule has 1 saturated heterocycles. The fourth-order valence-corrected chi connectivity index (χ4v) is 0.795. The average molecular weight is 101 g/mol. The van der Waals surface area contributed by atoms with Crippen LogP contribution in [-0.2, 0) is 0 Å². The number of hydrogen-bond acceptors (Lipinski definition) is 1. The zero-order chi connectivity index (χ0) is 5.11. The average Bonchev–Trinajstić information content (AvgIpc) is 2.14. The van der Waals surface area contributed by atoms with Crippen LogP contribution in [0.15, 0.2) is 0 Å². The second-order valence-corrected chi connectivity index (χ2v) is 1.83. The molecule has 1 aliphatic heterocycles. The Morgan fingerprint density at radius 2 is 2.57 bits per heavy atom. The Balaban J connectivity index is 2.14. The lowest BCUT2D eigenvalue weighted by Crippen LogP contribution is -2.16. The molecule has 1 aliphatic rings. The van der Waals surface area contributed by atoms with Crippen LogP contribution in [0.25, 0.3) is 0 Å². The Bertz CT molecular complexity index is 50.0. The Labute approximate surface area is 43.9 Å². The Hall–Kier alpha value is -0.0800. The van der Waals surface area contributed by atoms with E-state index in [1.165, 1.54) is 6.42 Å². The van der Waals surface area contributed by atoms with Crippen LogP contribution in [0.1, 0.15) is 6.42 Å². The van der Waals surface area contributed by atoms with E-state index in [4.69, 9.17) is 0 Å². The number of aliphatic hydroxyl groups is 2. The van der Waals surface area contributed by atoms with Gasteiger partial charge in [0.2, 0.25) is 0 Å². The first-order chi connectivity index (χ1) is 3.43. The first-order valence-corrected chi connectivity index (χ1v) is 2.60. The SMILES string of the molecule is [CH2-][OH+][C@H]1CCNC1. The van der Waals surface area contributed by atoms with Crippen LogP contribution in [0.4, 0.5) is 0 Å². The zero-order valence-electron chi connectivity index (χ0n) is 4.35. The summed E-state index contributed by atoms with van der Waals surface area (Å²) in [5, 5.41) is 3.19. The lowest BCUT2D eigenvalue weighted by atomic mass is 10.3. The van der Waals surface area contributed by atoms with Gasteiger partial charge in [0.05, 0.1) is 6.54 Å². The van der Waals surface area contributed by atoms with E-state index >= 15 is 0 Å². The summed E-state index contributed by atoms with van der Waals surface area (Å²) < 4.78 is 3.88. The van der Waals surface area contributed by atoms with E-state index < -0.39 is 0 Å². The highest BCUT2D eigenvalue weighted by atomic mass is 16.5. The smallest absolute Gasteiger partial charge is 0.143 e. The second-order valence-electron chi connectivity index (χ2n) is 1.83. The molecule has 0 bridgehead atoms. The topological polar surface area (TPSA) is 24.8 Å². The van der Waals surface area contributed by atoms with Crippen molar-refractivity contribution >= 4 is 0 Å². The molecule has 2 N–H and O–H groups in total. The lowest BCUT2D eigenvalue weighted by Gasteiger charge is -2.04. The monoisotopic (exact) mass is 101 g/mol. The van der Waals surface area contributed by atoms with Crippen LogP contribution in [0.3, 0.4) is 0 Å². The molecular weight excluding hydrogens is 90.1 g/mol. The van der Waals surface area contributed by atoms with Crippen LogP contribution in [0.5, 0.6) is 0 Å². The number of rotatable bonds is 1. The molecular formula is C5H11NO. The van der Waals surface area contributed by atoms with E-state index in [2.05, 4.69) is 17.2 Å². The molecule has 0 amide bonds. The van der Waals surface area contributed by atoms with Gasteiger partial charge in [-0.15, -0.1) is 0 Å². The van der Waals surface area contributed by atoms with Crippen LogP contribution >= 0.6 is 0 Å². The summed E-state index contributed by atoms with van der Waals surface area (Å²) in [7, 11) is 3.45. The van der Waals surface area contributed by atoms with E-state index in [1.54, 1.807) is 0 Å². The van der Waals surface area contributed by atoms with Gasteiger partial charge in [0, 0.05) is 13.0 Å². The van der Waals surface area contributed by atoms with Gasteiger partial charge in [0.25, 0.3) is 0 Å². The molecule has 0 unspecified atom stereocenters. The third kappa shape index (κ3) is 1.14. The van der Waals surface area contributed by atoms with Crippen LogP contribution in [-0.4, -0.2) is 23.9 Å². The number of nitrogens with one attached hydrogen (secondary N) is 1. The first-order valence-electron chi connectivity index (χ1n) is 2.60. The van der Waals surface area contributed by atoms with Crippen LogP contribution in [0, 0.1) is 7.11 Å². The van der Waals surface area contributed by atoms with Gasteiger partial charge in [-0.2, -0.15) is 0 Å². The van der Waals surface area contributed by atoms with Gasteiger partial charge < -0.3 is 10.1 Å². The highest BCUT2D eigenvalue weighted by Crippen LogP contribution is 1.97. The summed E-state index contributed by atoms with van der Waals surface area (Å²) in [5.41, 5.74) is 0. The largest absolute Gasteiger partial charge is 0.578 e. The van der Waals surface area contributed by atoms with Gasteiger partial charge in [-0.25, -0.2) is 0 Å². The van der Waals surface area contributed by atoms with Gasteiger partial charge >= 0.3 is 0 Å².